The van der Waals surface area contributed by atoms with Gasteiger partial charge in [-0.25, -0.2) is 0 Å². The predicted octanol–water partition coefficient (Wildman–Crippen LogP) is 3.02. The number of benzene rings is 1. The van der Waals surface area contributed by atoms with Gasteiger partial charge < -0.3 is 0 Å². The molecule has 0 fully saturated rings. The molecule has 0 atom stereocenters. The van der Waals surface area contributed by atoms with Gasteiger partial charge in [-0.05, 0) is 24.3 Å². The lowest BCUT2D eigenvalue weighted by atomic mass is 10.4. The zero-order valence-corrected chi connectivity index (χ0v) is 9.20. The maximum atomic E-state index is 8.95. The highest BCUT2D eigenvalue weighted by molar-refractivity contribution is 8.09. The van der Waals surface area contributed by atoms with E-state index in [-0.39, 0.29) is 0 Å². The summed E-state index contributed by atoms with van der Waals surface area (Å²) >= 11 is 11.1. The minimum atomic E-state index is -4.19. The molecule has 1 aromatic rings. The fourth-order valence-corrected chi connectivity index (χ4v) is 0.682. The quantitative estimate of drug-likeness (QED) is 0.578. The van der Waals surface area contributed by atoms with Crippen LogP contribution in [0.4, 0.5) is 0 Å². The first-order valence-corrected chi connectivity index (χ1v) is 5.89. The minimum Gasteiger partial charge on any atom is -0.273 e. The van der Waals surface area contributed by atoms with Crippen molar-refractivity contribution in [1.29, 1.82) is 0 Å². The number of rotatable bonds is 0. The molecule has 13 heavy (non-hydrogen) atoms. The number of halogens is 3. The molecular formula is C6H5Cl3O3S. The van der Waals surface area contributed by atoms with Crippen LogP contribution >= 0.6 is 33.9 Å². The molecule has 0 unspecified atom stereocenters. The summed E-state index contributed by atoms with van der Waals surface area (Å²) in [4.78, 5) is 0. The maximum Gasteiger partial charge on any atom is 0.353 e. The zero-order chi connectivity index (χ0) is 10.5. The fraction of sp³-hybridized carbons (Fsp3) is 0. The van der Waals surface area contributed by atoms with Gasteiger partial charge in [0.1, 0.15) is 0 Å². The maximum absolute atomic E-state index is 8.95. The Hall–Kier alpha value is -0.000000000000000111. The summed E-state index contributed by atoms with van der Waals surface area (Å²) in [6.07, 6.45) is 0. The molecule has 0 radical (unpaired) electrons. The van der Waals surface area contributed by atoms with Crippen LogP contribution in [-0.2, 0) is 9.33 Å². The third kappa shape index (κ3) is 12.0. The van der Waals surface area contributed by atoms with Crippen LogP contribution in [0.1, 0.15) is 0 Å². The molecule has 0 spiro atoms. The molecule has 0 amide bonds. The van der Waals surface area contributed by atoms with Gasteiger partial charge in [-0.2, -0.15) is 8.42 Å². The molecule has 0 aliphatic rings. The second kappa shape index (κ2) is 5.67. The van der Waals surface area contributed by atoms with E-state index < -0.39 is 9.33 Å². The van der Waals surface area contributed by atoms with E-state index in [1.807, 2.05) is 0 Å². The van der Waals surface area contributed by atoms with Crippen molar-refractivity contribution in [2.75, 3.05) is 0 Å². The van der Waals surface area contributed by atoms with Crippen molar-refractivity contribution in [3.8, 4) is 0 Å². The molecule has 0 aliphatic heterocycles. The summed E-state index contributed by atoms with van der Waals surface area (Å²) in [6.45, 7) is 0. The third-order valence-electron chi connectivity index (χ3n) is 0.804. The fourth-order valence-electron chi connectivity index (χ4n) is 0.430. The zero-order valence-electron chi connectivity index (χ0n) is 6.12. The second-order valence-corrected chi connectivity index (χ2v) is 4.72. The summed E-state index contributed by atoms with van der Waals surface area (Å²) in [5, 5.41) is 1.43. The molecule has 7 heteroatoms. The van der Waals surface area contributed by atoms with Gasteiger partial charge in [0.05, 0.1) is 0 Å². The molecule has 1 aromatic carbocycles. The normalized spacial score (nSPS) is 10.2. The molecule has 1 rings (SSSR count). The molecule has 74 valence electrons. The molecule has 0 saturated carbocycles. The smallest absolute Gasteiger partial charge is 0.273 e. The predicted molar refractivity (Wildman–Crippen MR) is 53.9 cm³/mol. The topological polar surface area (TPSA) is 54.4 Å². The van der Waals surface area contributed by atoms with Gasteiger partial charge in [0, 0.05) is 20.7 Å². The molecule has 3 nitrogen and oxygen atoms in total. The van der Waals surface area contributed by atoms with Crippen LogP contribution in [0.15, 0.2) is 24.3 Å². The van der Waals surface area contributed by atoms with Crippen molar-refractivity contribution in [3.05, 3.63) is 34.3 Å². The van der Waals surface area contributed by atoms with Gasteiger partial charge in [0.15, 0.2) is 0 Å². The first-order chi connectivity index (χ1) is 5.79. The SMILES string of the molecule is Clc1ccc(Cl)cc1.O=S(=O)(O)Cl. The lowest BCUT2D eigenvalue weighted by Gasteiger charge is -1.86. The summed E-state index contributed by atoms with van der Waals surface area (Å²) < 4.78 is 25.2. The average molecular weight is 264 g/mol. The van der Waals surface area contributed by atoms with Crippen LogP contribution in [0, 0.1) is 0 Å². The number of hydrogen-bond acceptors (Lipinski definition) is 2. The first kappa shape index (κ1) is 13.0. The molecule has 1 N–H and O–H groups in total. The Morgan fingerprint density at radius 2 is 1.15 bits per heavy atom. The van der Waals surface area contributed by atoms with Gasteiger partial charge >= 0.3 is 9.33 Å². The van der Waals surface area contributed by atoms with E-state index in [4.69, 9.17) is 36.2 Å². The Bertz CT molecular complexity index is 317. The van der Waals surface area contributed by atoms with Crippen LogP contribution in [0.2, 0.25) is 10.0 Å². The Balaban J connectivity index is 0.000000252. The van der Waals surface area contributed by atoms with Crippen molar-refractivity contribution in [1.82, 2.24) is 0 Å². The van der Waals surface area contributed by atoms with E-state index in [9.17, 15) is 0 Å². The Labute approximate surface area is 90.5 Å². The molecule has 0 aliphatic carbocycles. The Kier molecular flexibility index (Phi) is 5.67. The van der Waals surface area contributed by atoms with Gasteiger partial charge in [0.2, 0.25) is 0 Å². The monoisotopic (exact) mass is 262 g/mol. The Morgan fingerprint density at radius 3 is 1.31 bits per heavy atom. The van der Waals surface area contributed by atoms with Crippen molar-refractivity contribution in [2.24, 2.45) is 0 Å². The summed E-state index contributed by atoms with van der Waals surface area (Å²) in [6, 6.07) is 7.02. The van der Waals surface area contributed by atoms with Crippen molar-refractivity contribution in [3.63, 3.8) is 0 Å². The summed E-state index contributed by atoms with van der Waals surface area (Å²) in [5.41, 5.74) is 0. The largest absolute Gasteiger partial charge is 0.353 e. The lowest BCUT2D eigenvalue weighted by molar-refractivity contribution is 0.501. The highest BCUT2D eigenvalue weighted by Gasteiger charge is 1.86. The van der Waals surface area contributed by atoms with E-state index in [1.165, 1.54) is 0 Å². The van der Waals surface area contributed by atoms with Crippen molar-refractivity contribution < 1.29 is 13.0 Å². The standard InChI is InChI=1S/C6H4Cl2.ClHO3S/c7-5-1-2-6(8)4-3-5;1-5(2,3)4/h1-4H;(H,2,3,4). The van der Waals surface area contributed by atoms with Gasteiger partial charge in [-0.15, -0.1) is 0 Å². The highest BCUT2D eigenvalue weighted by atomic mass is 35.7. The minimum absolute atomic E-state index is 0.717. The number of hydrogen-bond donors (Lipinski definition) is 1. The molecular weight excluding hydrogens is 258 g/mol. The van der Waals surface area contributed by atoms with Crippen molar-refractivity contribution >= 4 is 43.2 Å². The average Bonchev–Trinajstić information content (AvgIpc) is 1.92. The third-order valence-corrected chi connectivity index (χ3v) is 1.31. The van der Waals surface area contributed by atoms with E-state index in [0.717, 1.165) is 10.0 Å². The van der Waals surface area contributed by atoms with E-state index >= 15 is 0 Å². The molecule has 0 aromatic heterocycles. The van der Waals surface area contributed by atoms with Crippen LogP contribution in [0.25, 0.3) is 0 Å². The van der Waals surface area contributed by atoms with Gasteiger partial charge in [-0.3, -0.25) is 4.55 Å². The molecule has 0 bridgehead atoms. The van der Waals surface area contributed by atoms with E-state index in [1.54, 1.807) is 24.3 Å². The molecule has 0 saturated heterocycles. The van der Waals surface area contributed by atoms with Crippen molar-refractivity contribution in [2.45, 2.75) is 0 Å². The Morgan fingerprint density at radius 1 is 1.00 bits per heavy atom. The van der Waals surface area contributed by atoms with Gasteiger partial charge in [-0.1, -0.05) is 23.2 Å². The van der Waals surface area contributed by atoms with Crippen LogP contribution in [0.3, 0.4) is 0 Å². The van der Waals surface area contributed by atoms with E-state index in [2.05, 4.69) is 10.7 Å². The van der Waals surface area contributed by atoms with Crippen LogP contribution < -0.4 is 0 Å². The highest BCUT2D eigenvalue weighted by Crippen LogP contribution is 2.12. The van der Waals surface area contributed by atoms with Gasteiger partial charge in [0.25, 0.3) is 0 Å². The van der Waals surface area contributed by atoms with E-state index in [0.29, 0.717) is 0 Å². The van der Waals surface area contributed by atoms with Crippen LogP contribution in [0.5, 0.6) is 0 Å². The lowest BCUT2D eigenvalue weighted by Crippen LogP contribution is -1.77. The van der Waals surface area contributed by atoms with Crippen LogP contribution in [-0.4, -0.2) is 13.0 Å². The second-order valence-electron chi connectivity index (χ2n) is 1.85. The first-order valence-electron chi connectivity index (χ1n) is 2.87. The summed E-state index contributed by atoms with van der Waals surface area (Å²) in [7, 11) is -0.137. The molecule has 0 heterocycles. The summed E-state index contributed by atoms with van der Waals surface area (Å²) in [5.74, 6) is 0.